The first-order chi connectivity index (χ1) is 12.3. The number of hydrogen-bond donors (Lipinski definition) is 1. The van der Waals surface area contributed by atoms with Crippen LogP contribution in [0.25, 0.3) is 10.9 Å². The number of aromatic nitrogens is 2. The van der Waals surface area contributed by atoms with Gasteiger partial charge in [-0.25, -0.2) is 0 Å². The molecule has 4 nitrogen and oxygen atoms in total. The van der Waals surface area contributed by atoms with E-state index < -0.39 is 0 Å². The lowest BCUT2D eigenvalue weighted by molar-refractivity contribution is 0.306. The molecule has 0 aliphatic carbocycles. The summed E-state index contributed by atoms with van der Waals surface area (Å²) >= 11 is 0. The molecule has 2 heterocycles. The maximum absolute atomic E-state index is 5.91. The molecule has 0 fully saturated rings. The Balaban J connectivity index is 1.54. The molecule has 4 heteroatoms. The predicted molar refractivity (Wildman–Crippen MR) is 101 cm³/mol. The normalized spacial score (nSPS) is 10.8. The second-order valence-electron chi connectivity index (χ2n) is 5.98. The summed E-state index contributed by atoms with van der Waals surface area (Å²) < 4.78 is 7.92. The molecular formula is C21H19N3O. The van der Waals surface area contributed by atoms with Gasteiger partial charge in [0.25, 0.3) is 0 Å². The zero-order chi connectivity index (χ0) is 17.1. The van der Waals surface area contributed by atoms with Crippen molar-refractivity contribution in [3.05, 3.63) is 90.4 Å². The second-order valence-corrected chi connectivity index (χ2v) is 5.98. The number of pyridine rings is 1. The Labute approximate surface area is 146 Å². The van der Waals surface area contributed by atoms with Crippen LogP contribution in [0.1, 0.15) is 11.1 Å². The van der Waals surface area contributed by atoms with Gasteiger partial charge in [0, 0.05) is 24.0 Å². The van der Waals surface area contributed by atoms with Gasteiger partial charge in [0.05, 0.1) is 11.2 Å². The van der Waals surface area contributed by atoms with E-state index in [1.807, 2.05) is 54.3 Å². The van der Waals surface area contributed by atoms with Gasteiger partial charge in [-0.3, -0.25) is 15.1 Å². The van der Waals surface area contributed by atoms with E-state index in [1.54, 1.807) is 6.20 Å². The molecule has 0 saturated heterocycles. The van der Waals surface area contributed by atoms with E-state index in [0.717, 1.165) is 33.5 Å². The van der Waals surface area contributed by atoms with E-state index in [-0.39, 0.29) is 0 Å². The Morgan fingerprint density at radius 1 is 1.04 bits per heavy atom. The van der Waals surface area contributed by atoms with Gasteiger partial charge in [0.1, 0.15) is 12.4 Å². The van der Waals surface area contributed by atoms with Crippen LogP contribution in [0.3, 0.4) is 0 Å². The van der Waals surface area contributed by atoms with Gasteiger partial charge in [-0.05, 0) is 48.4 Å². The molecule has 2 aromatic carbocycles. The van der Waals surface area contributed by atoms with Crippen molar-refractivity contribution >= 4 is 16.6 Å². The maximum atomic E-state index is 5.91. The predicted octanol–water partition coefficient (Wildman–Crippen LogP) is 4.80. The van der Waals surface area contributed by atoms with Crippen LogP contribution in [0.15, 0.2) is 79.3 Å². The number of anilines is 1. The fourth-order valence-corrected chi connectivity index (χ4v) is 2.78. The number of nitrogens with one attached hydrogen (secondary N) is 1. The van der Waals surface area contributed by atoms with Gasteiger partial charge >= 0.3 is 0 Å². The van der Waals surface area contributed by atoms with Gasteiger partial charge < -0.3 is 4.74 Å². The van der Waals surface area contributed by atoms with Crippen molar-refractivity contribution in [2.75, 3.05) is 5.43 Å². The van der Waals surface area contributed by atoms with Gasteiger partial charge in [-0.15, -0.1) is 0 Å². The van der Waals surface area contributed by atoms with Crippen LogP contribution in [0.2, 0.25) is 0 Å². The van der Waals surface area contributed by atoms with Crippen molar-refractivity contribution in [3.8, 4) is 5.75 Å². The molecule has 1 N–H and O–H groups in total. The van der Waals surface area contributed by atoms with Gasteiger partial charge in [0.15, 0.2) is 0 Å². The Bertz CT molecular complexity index is 992. The minimum absolute atomic E-state index is 0.571. The molecule has 0 aliphatic rings. The highest BCUT2D eigenvalue weighted by Gasteiger charge is 2.05. The Morgan fingerprint density at radius 2 is 1.92 bits per heavy atom. The fourth-order valence-electron chi connectivity index (χ4n) is 2.78. The molecule has 0 radical (unpaired) electrons. The Kier molecular flexibility index (Phi) is 4.09. The van der Waals surface area contributed by atoms with Crippen LogP contribution in [0, 0.1) is 6.92 Å². The lowest BCUT2D eigenvalue weighted by atomic mass is 10.2. The zero-order valence-corrected chi connectivity index (χ0v) is 14.0. The summed E-state index contributed by atoms with van der Waals surface area (Å²) in [5, 5.41) is 1.13. The molecule has 0 aliphatic heterocycles. The number of ether oxygens (including phenoxy) is 1. The first-order valence-electron chi connectivity index (χ1n) is 8.25. The summed E-state index contributed by atoms with van der Waals surface area (Å²) in [7, 11) is 0. The van der Waals surface area contributed by atoms with E-state index in [4.69, 9.17) is 4.74 Å². The Hall–Kier alpha value is -3.27. The van der Waals surface area contributed by atoms with Crippen LogP contribution in [0.4, 0.5) is 5.69 Å². The highest BCUT2D eigenvalue weighted by atomic mass is 16.5. The van der Waals surface area contributed by atoms with Gasteiger partial charge in [-0.2, -0.15) is 0 Å². The smallest absolute Gasteiger partial charge is 0.120 e. The van der Waals surface area contributed by atoms with E-state index in [0.29, 0.717) is 6.61 Å². The van der Waals surface area contributed by atoms with Gasteiger partial charge in [0.2, 0.25) is 0 Å². The highest BCUT2D eigenvalue weighted by Crippen LogP contribution is 2.23. The molecule has 0 spiro atoms. The number of benzene rings is 2. The summed E-state index contributed by atoms with van der Waals surface area (Å²) in [4.78, 5) is 4.13. The van der Waals surface area contributed by atoms with Crippen LogP contribution in [0.5, 0.6) is 5.75 Å². The van der Waals surface area contributed by atoms with Crippen LogP contribution in [-0.4, -0.2) is 9.66 Å². The molecule has 4 rings (SSSR count). The summed E-state index contributed by atoms with van der Waals surface area (Å²) in [6.45, 7) is 2.61. The lowest BCUT2D eigenvalue weighted by Gasteiger charge is -2.12. The van der Waals surface area contributed by atoms with Crippen LogP contribution >= 0.6 is 0 Å². The lowest BCUT2D eigenvalue weighted by Crippen LogP contribution is -2.08. The molecule has 0 unspecified atom stereocenters. The largest absolute Gasteiger partial charge is 0.489 e. The molecular weight excluding hydrogens is 310 g/mol. The fraction of sp³-hybridized carbons (Fsp3) is 0.0952. The van der Waals surface area contributed by atoms with Crippen molar-refractivity contribution < 1.29 is 4.74 Å². The molecule has 124 valence electrons. The topological polar surface area (TPSA) is 39.1 Å². The third-order valence-corrected chi connectivity index (χ3v) is 4.17. The van der Waals surface area contributed by atoms with E-state index in [9.17, 15) is 0 Å². The molecule has 2 aromatic heterocycles. The first-order valence-corrected chi connectivity index (χ1v) is 8.25. The van der Waals surface area contributed by atoms with E-state index in [2.05, 4.69) is 40.7 Å². The number of rotatable bonds is 5. The Morgan fingerprint density at radius 3 is 2.76 bits per heavy atom. The molecule has 0 saturated carbocycles. The third kappa shape index (κ3) is 3.33. The third-order valence-electron chi connectivity index (χ3n) is 4.17. The number of fused-ring (bicyclic) bond motifs is 1. The molecule has 0 atom stereocenters. The van der Waals surface area contributed by atoms with E-state index in [1.165, 1.54) is 0 Å². The zero-order valence-electron chi connectivity index (χ0n) is 14.0. The van der Waals surface area contributed by atoms with Crippen molar-refractivity contribution in [1.82, 2.24) is 9.66 Å². The summed E-state index contributed by atoms with van der Waals surface area (Å²) in [6.07, 6.45) is 5.66. The monoisotopic (exact) mass is 329 g/mol. The molecule has 4 aromatic rings. The quantitative estimate of drug-likeness (QED) is 0.572. The minimum atomic E-state index is 0.571. The van der Waals surface area contributed by atoms with Crippen LogP contribution in [-0.2, 0) is 6.61 Å². The number of aryl methyl sites for hydroxylation is 1. The molecule has 25 heavy (non-hydrogen) atoms. The molecule has 0 bridgehead atoms. The SMILES string of the molecule is Cc1cnccc1Nn1ccc2cc(OCc3ccccc3)ccc21. The number of nitrogens with zero attached hydrogens (tertiary/aromatic N) is 2. The van der Waals surface area contributed by atoms with Crippen LogP contribution < -0.4 is 10.2 Å². The van der Waals surface area contributed by atoms with Crippen molar-refractivity contribution in [2.24, 2.45) is 0 Å². The molecule has 0 amide bonds. The highest BCUT2D eigenvalue weighted by molar-refractivity contribution is 5.82. The minimum Gasteiger partial charge on any atom is -0.489 e. The van der Waals surface area contributed by atoms with Crippen molar-refractivity contribution in [2.45, 2.75) is 13.5 Å². The van der Waals surface area contributed by atoms with Crippen molar-refractivity contribution in [1.29, 1.82) is 0 Å². The summed E-state index contributed by atoms with van der Waals surface area (Å²) in [5.74, 6) is 0.870. The average molecular weight is 329 g/mol. The second kappa shape index (κ2) is 6.69. The summed E-state index contributed by atoms with van der Waals surface area (Å²) in [6, 6.07) is 20.4. The van der Waals surface area contributed by atoms with E-state index >= 15 is 0 Å². The average Bonchev–Trinajstić information content (AvgIpc) is 3.05. The first kappa shape index (κ1) is 15.3. The maximum Gasteiger partial charge on any atom is 0.120 e. The van der Waals surface area contributed by atoms with Gasteiger partial charge in [-0.1, -0.05) is 30.3 Å². The number of hydrogen-bond acceptors (Lipinski definition) is 3. The standard InChI is InChI=1S/C21H19N3O/c1-16-14-22-11-9-20(16)23-24-12-10-18-13-19(7-8-21(18)24)25-15-17-5-3-2-4-6-17/h2-14H,15H2,1H3,(H,22,23). The summed E-state index contributed by atoms with van der Waals surface area (Å²) in [5.41, 5.74) is 7.81. The van der Waals surface area contributed by atoms with Crippen molar-refractivity contribution in [3.63, 3.8) is 0 Å².